The van der Waals surface area contributed by atoms with Gasteiger partial charge in [-0.2, -0.15) is 0 Å². The molecule has 0 spiro atoms. The van der Waals surface area contributed by atoms with Crippen LogP contribution in [0.2, 0.25) is 6.04 Å². The van der Waals surface area contributed by atoms with Crippen LogP contribution in [0, 0.1) is 0 Å². The average molecular weight is 439 g/mol. The van der Waals surface area contributed by atoms with Crippen LogP contribution in [0.5, 0.6) is 0 Å². The van der Waals surface area contributed by atoms with Gasteiger partial charge < -0.3 is 38.1 Å². The van der Waals surface area contributed by atoms with Crippen LogP contribution < -0.4 is 10.6 Å². The van der Waals surface area contributed by atoms with Crippen LogP contribution in [0.3, 0.4) is 0 Å². The summed E-state index contributed by atoms with van der Waals surface area (Å²) in [6.45, 7) is 5.21. The van der Waals surface area contributed by atoms with Crippen molar-refractivity contribution in [2.75, 3.05) is 74.1 Å². The van der Waals surface area contributed by atoms with Gasteiger partial charge in [0.1, 0.15) is 0 Å². The van der Waals surface area contributed by atoms with Crippen LogP contribution >= 0.6 is 0 Å². The number of unbranched alkanes of at least 4 members (excludes halogenated alkanes) is 1. The third-order valence-corrected chi connectivity index (χ3v) is 6.83. The zero-order valence-corrected chi connectivity index (χ0v) is 19.3. The van der Waals surface area contributed by atoms with E-state index in [2.05, 4.69) is 10.6 Å². The Kier molecular flexibility index (Phi) is 18.2. The lowest BCUT2D eigenvalue weighted by atomic mass is 10.2. The van der Waals surface area contributed by atoms with Gasteiger partial charge in [0.05, 0.1) is 39.6 Å². The van der Waals surface area contributed by atoms with E-state index < -0.39 is 8.80 Å². The van der Waals surface area contributed by atoms with Crippen molar-refractivity contribution in [1.82, 2.24) is 10.6 Å². The van der Waals surface area contributed by atoms with Crippen molar-refractivity contribution in [1.29, 1.82) is 0 Å². The van der Waals surface area contributed by atoms with Crippen LogP contribution in [-0.4, -0.2) is 94.7 Å². The second-order valence-corrected chi connectivity index (χ2v) is 9.26. The molecule has 0 aromatic heterocycles. The van der Waals surface area contributed by atoms with E-state index in [0.29, 0.717) is 65.2 Å². The van der Waals surface area contributed by atoms with Gasteiger partial charge >= 0.3 is 8.80 Å². The van der Waals surface area contributed by atoms with Crippen molar-refractivity contribution in [3.63, 3.8) is 0 Å². The Morgan fingerprint density at radius 2 is 1.21 bits per heavy atom. The van der Waals surface area contributed by atoms with Crippen molar-refractivity contribution in [2.45, 2.75) is 32.2 Å². The Morgan fingerprint density at radius 1 is 0.724 bits per heavy atom. The number of nitrogens with one attached hydrogen (secondary N) is 2. The van der Waals surface area contributed by atoms with Gasteiger partial charge in [-0.3, -0.25) is 9.59 Å². The van der Waals surface area contributed by atoms with Crippen molar-refractivity contribution < 1.29 is 37.1 Å². The fourth-order valence-electron chi connectivity index (χ4n) is 2.38. The SMILES string of the molecule is CO[Si](CCCCC(=O)NCCOCCOCCOCCNC(C)=O)(OC)OC. The van der Waals surface area contributed by atoms with E-state index in [1.165, 1.54) is 6.92 Å². The molecule has 2 amide bonds. The maximum Gasteiger partial charge on any atom is 0.500 e. The fraction of sp³-hybridized carbons (Fsp3) is 0.889. The van der Waals surface area contributed by atoms with Gasteiger partial charge in [0, 0.05) is 53.8 Å². The number of hydrogen-bond acceptors (Lipinski definition) is 8. The maximum absolute atomic E-state index is 11.8. The molecule has 0 aliphatic rings. The molecule has 11 heteroatoms. The predicted molar refractivity (Wildman–Crippen MR) is 110 cm³/mol. The summed E-state index contributed by atoms with van der Waals surface area (Å²) in [5, 5.41) is 5.47. The minimum absolute atomic E-state index is 0.000721. The summed E-state index contributed by atoms with van der Waals surface area (Å²) in [5.41, 5.74) is 0. The number of carbonyl (C=O) groups is 2. The lowest BCUT2D eigenvalue weighted by molar-refractivity contribution is -0.121. The van der Waals surface area contributed by atoms with Crippen molar-refractivity contribution >= 4 is 20.6 Å². The molecule has 0 fully saturated rings. The minimum atomic E-state index is -2.54. The zero-order valence-electron chi connectivity index (χ0n) is 18.3. The van der Waals surface area contributed by atoms with Crippen molar-refractivity contribution in [3.8, 4) is 0 Å². The molecule has 172 valence electrons. The highest BCUT2D eigenvalue weighted by molar-refractivity contribution is 6.60. The van der Waals surface area contributed by atoms with Crippen LogP contribution in [0.25, 0.3) is 0 Å². The highest BCUT2D eigenvalue weighted by Gasteiger charge is 2.36. The van der Waals surface area contributed by atoms with Crippen LogP contribution in [0.4, 0.5) is 0 Å². The molecule has 0 unspecified atom stereocenters. The molecular formula is C18H38N2O8Si. The molecule has 0 heterocycles. The molecule has 0 saturated carbocycles. The number of ether oxygens (including phenoxy) is 3. The zero-order chi connectivity index (χ0) is 21.8. The van der Waals surface area contributed by atoms with Gasteiger partial charge in [-0.05, 0) is 12.8 Å². The summed E-state index contributed by atoms with van der Waals surface area (Å²) in [5.74, 6) is -0.0669. The summed E-state index contributed by atoms with van der Waals surface area (Å²) in [6, 6.07) is 0.688. The molecule has 29 heavy (non-hydrogen) atoms. The molecule has 0 rings (SSSR count). The van der Waals surface area contributed by atoms with Gasteiger partial charge in [0.15, 0.2) is 0 Å². The van der Waals surface area contributed by atoms with Crippen molar-refractivity contribution in [3.05, 3.63) is 0 Å². The van der Waals surface area contributed by atoms with E-state index in [1.54, 1.807) is 21.3 Å². The molecule has 0 aliphatic carbocycles. The van der Waals surface area contributed by atoms with E-state index in [-0.39, 0.29) is 11.8 Å². The average Bonchev–Trinajstić information content (AvgIpc) is 2.72. The maximum atomic E-state index is 11.8. The van der Waals surface area contributed by atoms with Crippen LogP contribution in [0.1, 0.15) is 26.2 Å². The van der Waals surface area contributed by atoms with E-state index in [9.17, 15) is 9.59 Å². The molecule has 0 aliphatic heterocycles. The first kappa shape index (κ1) is 27.9. The number of hydrogen-bond donors (Lipinski definition) is 2. The Hall–Kier alpha value is -1.08. The molecule has 0 radical (unpaired) electrons. The lowest BCUT2D eigenvalue weighted by Crippen LogP contribution is -2.42. The molecule has 0 bridgehead atoms. The van der Waals surface area contributed by atoms with Crippen LogP contribution in [-0.2, 0) is 37.1 Å². The van der Waals surface area contributed by atoms with Gasteiger partial charge in [0.25, 0.3) is 0 Å². The van der Waals surface area contributed by atoms with Gasteiger partial charge in [0.2, 0.25) is 11.8 Å². The second-order valence-electron chi connectivity index (χ2n) is 6.17. The Morgan fingerprint density at radius 3 is 1.69 bits per heavy atom. The second kappa shape index (κ2) is 18.9. The summed E-state index contributed by atoms with van der Waals surface area (Å²) in [4.78, 5) is 22.4. The molecule has 0 aromatic carbocycles. The number of carbonyl (C=O) groups excluding carboxylic acids is 2. The Labute approximate surface area is 175 Å². The molecular weight excluding hydrogens is 400 g/mol. The monoisotopic (exact) mass is 438 g/mol. The van der Waals surface area contributed by atoms with E-state index >= 15 is 0 Å². The summed E-state index contributed by atoms with van der Waals surface area (Å²) < 4.78 is 32.1. The van der Waals surface area contributed by atoms with Gasteiger partial charge in [-0.15, -0.1) is 0 Å². The summed E-state index contributed by atoms with van der Waals surface area (Å²) in [7, 11) is 2.21. The summed E-state index contributed by atoms with van der Waals surface area (Å²) >= 11 is 0. The minimum Gasteiger partial charge on any atom is -0.377 e. The topological polar surface area (TPSA) is 114 Å². The standard InChI is InChI=1S/C18H38N2O8Si/c1-17(21)19-8-10-26-12-14-28-15-13-27-11-9-20-18(22)7-5-6-16-29(23-2,24-3)25-4/h5-16H2,1-4H3,(H,19,21)(H,20,22). The number of amides is 2. The quantitative estimate of drug-likeness (QED) is 0.207. The largest absolute Gasteiger partial charge is 0.500 e. The first-order chi connectivity index (χ1) is 14.0. The normalized spacial score (nSPS) is 11.4. The predicted octanol–water partition coefficient (Wildman–Crippen LogP) is 0.337. The first-order valence-corrected chi connectivity index (χ1v) is 11.8. The van der Waals surface area contributed by atoms with Gasteiger partial charge in [-0.1, -0.05) is 0 Å². The van der Waals surface area contributed by atoms with E-state index in [4.69, 9.17) is 27.5 Å². The fourth-order valence-corrected chi connectivity index (χ4v) is 4.17. The van der Waals surface area contributed by atoms with E-state index in [1.807, 2.05) is 0 Å². The molecule has 10 nitrogen and oxygen atoms in total. The summed E-state index contributed by atoms with van der Waals surface area (Å²) in [6.07, 6.45) is 2.00. The third-order valence-electron chi connectivity index (χ3n) is 4.00. The highest BCUT2D eigenvalue weighted by Crippen LogP contribution is 2.16. The number of rotatable bonds is 20. The highest BCUT2D eigenvalue weighted by atomic mass is 28.4. The lowest BCUT2D eigenvalue weighted by Gasteiger charge is -2.24. The van der Waals surface area contributed by atoms with E-state index in [0.717, 1.165) is 12.8 Å². The van der Waals surface area contributed by atoms with Gasteiger partial charge in [-0.25, -0.2) is 0 Å². The molecule has 0 aromatic rings. The Balaban J connectivity index is 3.38. The first-order valence-electron chi connectivity index (χ1n) is 9.89. The van der Waals surface area contributed by atoms with Crippen LogP contribution in [0.15, 0.2) is 0 Å². The Bertz CT molecular complexity index is 416. The molecule has 0 saturated heterocycles. The third kappa shape index (κ3) is 16.4. The molecule has 2 N–H and O–H groups in total. The van der Waals surface area contributed by atoms with Crippen molar-refractivity contribution in [2.24, 2.45) is 0 Å². The molecule has 0 atom stereocenters. The smallest absolute Gasteiger partial charge is 0.377 e.